The number of halogens is 2. The molecule has 4 nitrogen and oxygen atoms in total. The second-order valence-electron chi connectivity index (χ2n) is 3.51. The van der Waals surface area contributed by atoms with Crippen molar-refractivity contribution in [3.05, 3.63) is 29.8 Å². The molecule has 0 spiro atoms. The molecule has 1 aromatic rings. The van der Waals surface area contributed by atoms with Crippen LogP contribution < -0.4 is 4.72 Å². The van der Waals surface area contributed by atoms with Crippen LogP contribution in [0.15, 0.2) is 23.1 Å². The monoisotopic (exact) mass is 265 g/mol. The summed E-state index contributed by atoms with van der Waals surface area (Å²) in [5, 5.41) is 8.87. The smallest absolute Gasteiger partial charge is 0.241 e. The molecule has 0 radical (unpaired) electrons. The molecule has 0 unspecified atom stereocenters. The number of hydrogen-bond acceptors (Lipinski definition) is 3. The molecule has 0 aliphatic carbocycles. The van der Waals surface area contributed by atoms with Gasteiger partial charge in [-0.05, 0) is 18.6 Å². The first-order valence-corrected chi connectivity index (χ1v) is 6.46. The van der Waals surface area contributed by atoms with Crippen LogP contribution in [0.3, 0.4) is 0 Å². The molecule has 1 aromatic carbocycles. The second kappa shape index (κ2) is 5.52. The van der Waals surface area contributed by atoms with E-state index in [0.29, 0.717) is 12.5 Å². The van der Waals surface area contributed by atoms with Crippen molar-refractivity contribution in [3.63, 3.8) is 0 Å². The zero-order valence-corrected chi connectivity index (χ0v) is 9.97. The number of aliphatic hydroxyl groups is 1. The van der Waals surface area contributed by atoms with Crippen LogP contribution in [-0.2, 0) is 10.0 Å². The summed E-state index contributed by atoms with van der Waals surface area (Å²) in [6.45, 7) is 1.29. The maximum Gasteiger partial charge on any atom is 0.241 e. The van der Waals surface area contributed by atoms with E-state index in [9.17, 15) is 17.2 Å². The van der Waals surface area contributed by atoms with Gasteiger partial charge in [0.25, 0.3) is 0 Å². The van der Waals surface area contributed by atoms with Crippen molar-refractivity contribution in [2.75, 3.05) is 6.61 Å². The summed E-state index contributed by atoms with van der Waals surface area (Å²) in [6, 6.07) is 1.35. The third-order valence-corrected chi connectivity index (χ3v) is 3.68. The minimum Gasteiger partial charge on any atom is -0.395 e. The van der Waals surface area contributed by atoms with Gasteiger partial charge in [-0.2, -0.15) is 0 Å². The fourth-order valence-corrected chi connectivity index (χ4v) is 2.57. The van der Waals surface area contributed by atoms with Gasteiger partial charge in [0.1, 0.15) is 11.6 Å². The lowest BCUT2D eigenvalue weighted by Gasteiger charge is -2.14. The minimum absolute atomic E-state index is 0.369. The molecule has 0 fully saturated rings. The SMILES string of the molecule is CC[C@@H](CO)NS(=O)(=O)c1cc(F)cc(F)c1. The molecule has 7 heteroatoms. The van der Waals surface area contributed by atoms with Crippen molar-refractivity contribution in [2.45, 2.75) is 24.3 Å². The molecular formula is C10H13F2NO3S. The van der Waals surface area contributed by atoms with Crippen molar-refractivity contribution in [3.8, 4) is 0 Å². The van der Waals surface area contributed by atoms with Crippen molar-refractivity contribution < 1.29 is 22.3 Å². The molecule has 0 saturated heterocycles. The topological polar surface area (TPSA) is 66.4 Å². The molecule has 2 N–H and O–H groups in total. The van der Waals surface area contributed by atoms with E-state index in [1.807, 2.05) is 0 Å². The van der Waals surface area contributed by atoms with Crippen LogP contribution in [0.4, 0.5) is 8.78 Å². The van der Waals surface area contributed by atoms with Crippen molar-refractivity contribution in [1.29, 1.82) is 0 Å². The molecule has 1 rings (SSSR count). The summed E-state index contributed by atoms with van der Waals surface area (Å²) in [7, 11) is -4.02. The Bertz CT molecular complexity index is 466. The van der Waals surface area contributed by atoms with Gasteiger partial charge in [-0.3, -0.25) is 0 Å². The first kappa shape index (κ1) is 14.0. The predicted molar refractivity (Wildman–Crippen MR) is 57.8 cm³/mol. The van der Waals surface area contributed by atoms with Crippen molar-refractivity contribution in [2.24, 2.45) is 0 Å². The molecule has 1 atom stereocenters. The molecule has 96 valence electrons. The quantitative estimate of drug-likeness (QED) is 0.835. The number of nitrogens with one attached hydrogen (secondary N) is 1. The van der Waals surface area contributed by atoms with E-state index in [2.05, 4.69) is 4.72 Å². The Balaban J connectivity index is 3.04. The van der Waals surface area contributed by atoms with Crippen LogP contribution in [0, 0.1) is 11.6 Å². The van der Waals surface area contributed by atoms with Gasteiger partial charge in [0.05, 0.1) is 11.5 Å². The molecular weight excluding hydrogens is 252 g/mol. The summed E-state index contributed by atoms with van der Waals surface area (Å²) >= 11 is 0. The molecule has 0 amide bonds. The van der Waals surface area contributed by atoms with Gasteiger partial charge in [-0.15, -0.1) is 0 Å². The van der Waals surface area contributed by atoms with Crippen LogP contribution in [0.1, 0.15) is 13.3 Å². The first-order chi connectivity index (χ1) is 7.89. The Morgan fingerprint density at radius 2 is 1.82 bits per heavy atom. The predicted octanol–water partition coefficient (Wildman–Crippen LogP) is 1.01. The average molecular weight is 265 g/mol. The normalized spacial score (nSPS) is 13.6. The van der Waals surface area contributed by atoms with Crippen LogP contribution in [0.5, 0.6) is 0 Å². The van der Waals surface area contributed by atoms with Gasteiger partial charge in [0.15, 0.2) is 0 Å². The van der Waals surface area contributed by atoms with Crippen LogP contribution in [0.25, 0.3) is 0 Å². The lowest BCUT2D eigenvalue weighted by Crippen LogP contribution is -2.36. The Morgan fingerprint density at radius 1 is 1.29 bits per heavy atom. The second-order valence-corrected chi connectivity index (χ2v) is 5.23. The van der Waals surface area contributed by atoms with Crippen LogP contribution in [-0.4, -0.2) is 26.2 Å². The fourth-order valence-electron chi connectivity index (χ4n) is 1.22. The maximum atomic E-state index is 12.9. The van der Waals surface area contributed by atoms with Gasteiger partial charge in [-0.1, -0.05) is 6.92 Å². The van der Waals surface area contributed by atoms with Crippen molar-refractivity contribution >= 4 is 10.0 Å². The molecule has 0 heterocycles. The molecule has 0 bridgehead atoms. The maximum absolute atomic E-state index is 12.9. The summed E-state index contributed by atoms with van der Waals surface area (Å²) in [5.74, 6) is -1.94. The van der Waals surface area contributed by atoms with Gasteiger partial charge >= 0.3 is 0 Å². The zero-order valence-electron chi connectivity index (χ0n) is 9.15. The van der Waals surface area contributed by atoms with Crippen LogP contribution >= 0.6 is 0 Å². The van der Waals surface area contributed by atoms with E-state index >= 15 is 0 Å². The summed E-state index contributed by atoms with van der Waals surface area (Å²) in [4.78, 5) is -0.498. The van der Waals surface area contributed by atoms with E-state index in [0.717, 1.165) is 12.1 Å². The van der Waals surface area contributed by atoms with E-state index < -0.39 is 32.6 Å². The van der Waals surface area contributed by atoms with Gasteiger partial charge in [0, 0.05) is 12.1 Å². The van der Waals surface area contributed by atoms with E-state index in [1.54, 1.807) is 6.92 Å². The highest BCUT2D eigenvalue weighted by Crippen LogP contribution is 2.14. The molecule has 0 saturated carbocycles. The van der Waals surface area contributed by atoms with Crippen LogP contribution in [0.2, 0.25) is 0 Å². The van der Waals surface area contributed by atoms with E-state index in [-0.39, 0.29) is 6.61 Å². The van der Waals surface area contributed by atoms with E-state index in [4.69, 9.17) is 5.11 Å². The minimum atomic E-state index is -4.02. The highest BCUT2D eigenvalue weighted by atomic mass is 32.2. The third kappa shape index (κ3) is 3.72. The Labute approximate surface area is 98.3 Å². The number of rotatable bonds is 5. The lowest BCUT2D eigenvalue weighted by atomic mass is 10.3. The largest absolute Gasteiger partial charge is 0.395 e. The average Bonchev–Trinajstić information content (AvgIpc) is 2.24. The molecule has 0 aliphatic heterocycles. The zero-order chi connectivity index (χ0) is 13.1. The number of sulfonamides is 1. The highest BCUT2D eigenvalue weighted by molar-refractivity contribution is 7.89. The number of benzene rings is 1. The Hall–Kier alpha value is -1.05. The van der Waals surface area contributed by atoms with Gasteiger partial charge in [-0.25, -0.2) is 21.9 Å². The van der Waals surface area contributed by atoms with E-state index in [1.165, 1.54) is 0 Å². The summed E-state index contributed by atoms with van der Waals surface area (Å²) in [5.41, 5.74) is 0. The third-order valence-electron chi connectivity index (χ3n) is 2.18. The summed E-state index contributed by atoms with van der Waals surface area (Å²) < 4.78 is 51.3. The fraction of sp³-hybridized carbons (Fsp3) is 0.400. The molecule has 0 aromatic heterocycles. The standard InChI is InChI=1S/C10H13F2NO3S/c1-2-9(6-14)13-17(15,16)10-4-7(11)3-8(12)5-10/h3-5,9,13-14H,2,6H2,1H3/t9-/m0/s1. The molecule has 17 heavy (non-hydrogen) atoms. The Kier molecular flexibility index (Phi) is 4.55. The van der Waals surface area contributed by atoms with Gasteiger partial charge in [0.2, 0.25) is 10.0 Å². The Morgan fingerprint density at radius 3 is 2.24 bits per heavy atom. The number of aliphatic hydroxyl groups excluding tert-OH is 1. The first-order valence-electron chi connectivity index (χ1n) is 4.98. The number of hydrogen-bond donors (Lipinski definition) is 2. The van der Waals surface area contributed by atoms with Gasteiger partial charge < -0.3 is 5.11 Å². The summed E-state index contributed by atoms with van der Waals surface area (Å²) in [6.07, 6.45) is 0.369. The van der Waals surface area contributed by atoms with Crippen molar-refractivity contribution in [1.82, 2.24) is 4.72 Å². The lowest BCUT2D eigenvalue weighted by molar-refractivity contribution is 0.254. The molecule has 0 aliphatic rings. The highest BCUT2D eigenvalue weighted by Gasteiger charge is 2.20.